The molecule has 2 aromatic rings. The summed E-state index contributed by atoms with van der Waals surface area (Å²) in [6, 6.07) is 5.73. The number of rotatable bonds is 5. The number of aromatic amines is 1. The van der Waals surface area contributed by atoms with Crippen molar-refractivity contribution in [1.82, 2.24) is 15.1 Å². The molecule has 2 aromatic heterocycles. The van der Waals surface area contributed by atoms with Crippen LogP contribution in [0.3, 0.4) is 0 Å². The molecule has 0 atom stereocenters. The van der Waals surface area contributed by atoms with E-state index in [0.717, 1.165) is 17.1 Å². The number of carbonyl (C=O) groups is 1. The second-order valence-electron chi connectivity index (χ2n) is 4.35. The normalized spacial score (nSPS) is 11.3. The Morgan fingerprint density at radius 1 is 1.58 bits per heavy atom. The van der Waals surface area contributed by atoms with Crippen molar-refractivity contribution >= 4 is 29.1 Å². The van der Waals surface area contributed by atoms with Gasteiger partial charge >= 0.3 is 0 Å². The number of hydrogen-bond donors (Lipinski definition) is 2. The van der Waals surface area contributed by atoms with Crippen LogP contribution in [0.4, 0.5) is 5.82 Å². The highest BCUT2D eigenvalue weighted by Gasteiger charge is 2.04. The summed E-state index contributed by atoms with van der Waals surface area (Å²) in [6.07, 6.45) is 3.29. The number of carbonyl (C=O) groups excluding carboxylic acids is 1. The van der Waals surface area contributed by atoms with Crippen LogP contribution in [0.1, 0.15) is 10.6 Å². The van der Waals surface area contributed by atoms with E-state index in [9.17, 15) is 4.79 Å². The van der Waals surface area contributed by atoms with E-state index in [0.29, 0.717) is 5.82 Å². The summed E-state index contributed by atoms with van der Waals surface area (Å²) >= 11 is 1.59. The Hall–Kier alpha value is -1.92. The van der Waals surface area contributed by atoms with Gasteiger partial charge in [-0.25, -0.2) is 0 Å². The average Bonchev–Trinajstić information content (AvgIpc) is 2.97. The van der Waals surface area contributed by atoms with Crippen molar-refractivity contribution in [3.8, 4) is 0 Å². The minimum absolute atomic E-state index is 0.184. The van der Waals surface area contributed by atoms with E-state index in [1.54, 1.807) is 17.4 Å². The van der Waals surface area contributed by atoms with Gasteiger partial charge in [-0.05, 0) is 31.6 Å². The molecule has 2 heterocycles. The van der Waals surface area contributed by atoms with Crippen molar-refractivity contribution in [3.63, 3.8) is 0 Å². The SMILES string of the molecule is CN(C)Cc1cc(NC(=O)/C=C/c2cccs2)n[nH]1. The van der Waals surface area contributed by atoms with E-state index < -0.39 is 0 Å². The van der Waals surface area contributed by atoms with Gasteiger partial charge in [-0.3, -0.25) is 9.89 Å². The van der Waals surface area contributed by atoms with Gasteiger partial charge in [0.1, 0.15) is 0 Å². The highest BCUT2D eigenvalue weighted by molar-refractivity contribution is 7.10. The first-order valence-corrected chi connectivity index (χ1v) is 6.73. The maximum Gasteiger partial charge on any atom is 0.249 e. The zero-order valence-corrected chi connectivity index (χ0v) is 11.7. The quantitative estimate of drug-likeness (QED) is 0.823. The van der Waals surface area contributed by atoms with Crippen molar-refractivity contribution in [2.24, 2.45) is 0 Å². The zero-order chi connectivity index (χ0) is 13.7. The van der Waals surface area contributed by atoms with E-state index >= 15 is 0 Å². The summed E-state index contributed by atoms with van der Waals surface area (Å²) in [5, 5.41) is 11.6. The first-order valence-electron chi connectivity index (χ1n) is 5.85. The number of amides is 1. The van der Waals surface area contributed by atoms with Gasteiger partial charge in [0.05, 0.1) is 5.69 Å². The third-order valence-corrected chi connectivity index (χ3v) is 3.15. The van der Waals surface area contributed by atoms with E-state index in [4.69, 9.17) is 0 Å². The molecule has 0 aliphatic rings. The van der Waals surface area contributed by atoms with Crippen molar-refractivity contribution < 1.29 is 4.79 Å². The third kappa shape index (κ3) is 4.35. The number of aromatic nitrogens is 2. The lowest BCUT2D eigenvalue weighted by molar-refractivity contribution is -0.111. The highest BCUT2D eigenvalue weighted by Crippen LogP contribution is 2.11. The van der Waals surface area contributed by atoms with Gasteiger partial charge in [-0.15, -0.1) is 11.3 Å². The molecule has 0 saturated heterocycles. The number of hydrogen-bond acceptors (Lipinski definition) is 4. The van der Waals surface area contributed by atoms with Crippen LogP contribution < -0.4 is 5.32 Å². The van der Waals surface area contributed by atoms with Crippen molar-refractivity contribution in [1.29, 1.82) is 0 Å². The van der Waals surface area contributed by atoms with Crippen LogP contribution in [0.25, 0.3) is 6.08 Å². The minimum Gasteiger partial charge on any atom is -0.306 e. The molecule has 0 fully saturated rings. The van der Waals surface area contributed by atoms with E-state index in [1.165, 1.54) is 6.08 Å². The largest absolute Gasteiger partial charge is 0.306 e. The summed E-state index contributed by atoms with van der Waals surface area (Å²) in [6.45, 7) is 0.758. The second-order valence-corrected chi connectivity index (χ2v) is 5.33. The fourth-order valence-corrected chi connectivity index (χ4v) is 2.18. The highest BCUT2D eigenvalue weighted by atomic mass is 32.1. The van der Waals surface area contributed by atoms with Gasteiger partial charge in [-0.2, -0.15) is 5.10 Å². The first kappa shape index (κ1) is 13.5. The van der Waals surface area contributed by atoms with Crippen LogP contribution in [0.15, 0.2) is 29.7 Å². The lowest BCUT2D eigenvalue weighted by Crippen LogP contribution is -2.10. The van der Waals surface area contributed by atoms with Gasteiger partial charge in [0, 0.05) is 23.6 Å². The van der Waals surface area contributed by atoms with E-state index in [2.05, 4.69) is 15.5 Å². The van der Waals surface area contributed by atoms with Crippen LogP contribution in [0.5, 0.6) is 0 Å². The van der Waals surface area contributed by atoms with Crippen molar-refractivity contribution in [2.75, 3.05) is 19.4 Å². The average molecular weight is 276 g/mol. The maximum absolute atomic E-state index is 11.7. The Bertz CT molecular complexity index is 557. The smallest absolute Gasteiger partial charge is 0.249 e. The molecular formula is C13H16N4OS. The molecule has 0 bridgehead atoms. The van der Waals surface area contributed by atoms with Crippen molar-refractivity contribution in [3.05, 3.63) is 40.2 Å². The van der Waals surface area contributed by atoms with Crippen LogP contribution >= 0.6 is 11.3 Å². The molecule has 0 spiro atoms. The summed E-state index contributed by atoms with van der Waals surface area (Å²) in [4.78, 5) is 14.8. The number of thiophene rings is 1. The van der Waals surface area contributed by atoms with Gasteiger partial charge in [0.25, 0.3) is 0 Å². The molecule has 2 N–H and O–H groups in total. The van der Waals surface area contributed by atoms with Gasteiger partial charge in [0.2, 0.25) is 5.91 Å². The Morgan fingerprint density at radius 2 is 2.42 bits per heavy atom. The molecule has 0 unspecified atom stereocenters. The Labute approximate surface area is 115 Å². The fourth-order valence-electron chi connectivity index (χ4n) is 1.56. The Morgan fingerprint density at radius 3 is 3.11 bits per heavy atom. The van der Waals surface area contributed by atoms with Crippen LogP contribution in [-0.4, -0.2) is 35.1 Å². The molecule has 100 valence electrons. The van der Waals surface area contributed by atoms with Crippen LogP contribution in [0.2, 0.25) is 0 Å². The fraction of sp³-hybridized carbons (Fsp3) is 0.231. The number of nitrogens with one attached hydrogen (secondary N) is 2. The molecule has 0 radical (unpaired) electrons. The van der Waals surface area contributed by atoms with Gasteiger partial charge in [0.15, 0.2) is 5.82 Å². The van der Waals surface area contributed by atoms with Crippen LogP contribution in [0, 0.1) is 0 Å². The second kappa shape index (κ2) is 6.31. The number of H-pyrrole nitrogens is 1. The molecule has 0 aliphatic carbocycles. The van der Waals surface area contributed by atoms with Gasteiger partial charge < -0.3 is 10.2 Å². The van der Waals surface area contributed by atoms with Gasteiger partial charge in [-0.1, -0.05) is 6.07 Å². The molecule has 0 aromatic carbocycles. The summed E-state index contributed by atoms with van der Waals surface area (Å²) < 4.78 is 0. The van der Waals surface area contributed by atoms with E-state index in [-0.39, 0.29) is 5.91 Å². The Balaban J connectivity index is 1.90. The number of nitrogens with zero attached hydrogens (tertiary/aromatic N) is 2. The molecule has 0 aliphatic heterocycles. The summed E-state index contributed by atoms with van der Waals surface area (Å²) in [5.41, 5.74) is 0.961. The topological polar surface area (TPSA) is 61.0 Å². The van der Waals surface area contributed by atoms with Crippen molar-refractivity contribution in [2.45, 2.75) is 6.54 Å². The zero-order valence-electron chi connectivity index (χ0n) is 10.9. The summed E-state index contributed by atoms with van der Waals surface area (Å²) in [5.74, 6) is 0.356. The predicted octanol–water partition coefficient (Wildman–Crippen LogP) is 2.18. The third-order valence-electron chi connectivity index (χ3n) is 2.31. The summed E-state index contributed by atoms with van der Waals surface area (Å²) in [7, 11) is 3.95. The number of anilines is 1. The molecule has 19 heavy (non-hydrogen) atoms. The molecule has 5 nitrogen and oxygen atoms in total. The predicted molar refractivity (Wildman–Crippen MR) is 78.0 cm³/mol. The van der Waals surface area contributed by atoms with E-state index in [1.807, 2.05) is 42.6 Å². The lowest BCUT2D eigenvalue weighted by Gasteiger charge is -2.05. The molecule has 1 amide bonds. The Kier molecular flexibility index (Phi) is 4.48. The minimum atomic E-state index is -0.184. The van der Waals surface area contributed by atoms with Crippen LogP contribution in [-0.2, 0) is 11.3 Å². The molecule has 6 heteroatoms. The lowest BCUT2D eigenvalue weighted by atomic mass is 10.4. The monoisotopic (exact) mass is 276 g/mol. The molecule has 0 saturated carbocycles. The molecular weight excluding hydrogens is 260 g/mol. The first-order chi connectivity index (χ1) is 9.13. The molecule has 2 rings (SSSR count). The standard InChI is InChI=1S/C13H16N4OS/c1-17(2)9-10-8-12(16-15-10)14-13(18)6-5-11-4-3-7-19-11/h3-8H,9H2,1-2H3,(H2,14,15,16,18)/b6-5+. The maximum atomic E-state index is 11.7.